The molecule has 2 aromatic rings. The van der Waals surface area contributed by atoms with Crippen LogP contribution in [0.1, 0.15) is 31.0 Å². The highest BCUT2D eigenvalue weighted by atomic mass is 79.9. The maximum Gasteiger partial charge on any atom is 0.200 e. The summed E-state index contributed by atoms with van der Waals surface area (Å²) in [7, 11) is 0. The fraction of sp³-hybridized carbons (Fsp3) is 0.286. The van der Waals surface area contributed by atoms with Gasteiger partial charge in [0.05, 0.1) is 10.2 Å². The maximum atomic E-state index is 13.2. The molecule has 0 aliphatic carbocycles. The molecule has 0 aliphatic heterocycles. The summed E-state index contributed by atoms with van der Waals surface area (Å²) in [5, 5.41) is 26.6. The van der Waals surface area contributed by atoms with Crippen molar-refractivity contribution in [3.63, 3.8) is 0 Å². The number of hydrogen-bond donors (Lipinski definition) is 3. The van der Waals surface area contributed by atoms with Gasteiger partial charge in [0.2, 0.25) is 0 Å². The molecule has 1 aromatic heterocycles. The number of aromatic nitrogens is 2. The van der Waals surface area contributed by atoms with Gasteiger partial charge in [-0.1, -0.05) is 13.0 Å². The molecular formula is C14H15BrFN5O. The highest BCUT2D eigenvalue weighted by molar-refractivity contribution is 9.10. The number of anilines is 1. The van der Waals surface area contributed by atoms with Crippen LogP contribution < -0.4 is 5.32 Å². The van der Waals surface area contributed by atoms with Crippen molar-refractivity contribution in [2.75, 3.05) is 11.9 Å². The van der Waals surface area contributed by atoms with E-state index in [9.17, 15) is 4.39 Å². The van der Waals surface area contributed by atoms with E-state index in [0.29, 0.717) is 23.6 Å². The van der Waals surface area contributed by atoms with Crippen molar-refractivity contribution in [3.8, 4) is 0 Å². The van der Waals surface area contributed by atoms with E-state index in [0.717, 1.165) is 6.42 Å². The number of rotatable bonds is 7. The van der Waals surface area contributed by atoms with Gasteiger partial charge in [-0.2, -0.15) is 0 Å². The third kappa shape index (κ3) is 3.76. The Labute approximate surface area is 135 Å². The Morgan fingerprint density at radius 2 is 2.09 bits per heavy atom. The number of halogens is 2. The molecule has 0 atom stereocenters. The Bertz CT molecular complexity index is 700. The van der Waals surface area contributed by atoms with Crippen molar-refractivity contribution in [3.05, 3.63) is 39.7 Å². The van der Waals surface area contributed by atoms with E-state index in [1.54, 1.807) is 0 Å². The first-order valence-corrected chi connectivity index (χ1v) is 7.49. The molecule has 0 amide bonds. The van der Waals surface area contributed by atoms with E-state index >= 15 is 0 Å². The van der Waals surface area contributed by atoms with Gasteiger partial charge in [0, 0.05) is 18.7 Å². The summed E-state index contributed by atoms with van der Waals surface area (Å²) in [6, 6.07) is 4.30. The molecule has 0 aliphatic rings. The van der Waals surface area contributed by atoms with Crippen molar-refractivity contribution in [2.24, 2.45) is 0 Å². The van der Waals surface area contributed by atoms with Crippen molar-refractivity contribution in [2.45, 2.75) is 19.8 Å². The molecule has 116 valence electrons. The monoisotopic (exact) mass is 367 g/mol. The third-order valence-electron chi connectivity index (χ3n) is 2.94. The largest absolute Gasteiger partial charge is 0.365 e. The van der Waals surface area contributed by atoms with E-state index in [2.05, 4.69) is 36.2 Å². The molecule has 1 aromatic carbocycles. The van der Waals surface area contributed by atoms with Crippen molar-refractivity contribution in [1.82, 2.24) is 10.3 Å². The number of hydrogen-bond acceptors (Lipinski definition) is 6. The number of nitrogens with one attached hydrogen (secondary N) is 3. The van der Waals surface area contributed by atoms with Crippen LogP contribution >= 0.6 is 15.9 Å². The second-order valence-electron chi connectivity index (χ2n) is 4.65. The summed E-state index contributed by atoms with van der Waals surface area (Å²) < 4.78 is 18.2. The average Bonchev–Trinajstić information content (AvgIpc) is 2.96. The zero-order valence-corrected chi connectivity index (χ0v) is 13.5. The molecule has 22 heavy (non-hydrogen) atoms. The summed E-state index contributed by atoms with van der Waals surface area (Å²) in [6.07, 6.45) is 0.951. The van der Waals surface area contributed by atoms with Gasteiger partial charge >= 0.3 is 0 Å². The second kappa shape index (κ2) is 7.26. The van der Waals surface area contributed by atoms with E-state index in [-0.39, 0.29) is 22.3 Å². The first-order chi connectivity index (χ1) is 10.5. The molecule has 0 spiro atoms. The van der Waals surface area contributed by atoms with Gasteiger partial charge in [-0.25, -0.2) is 9.02 Å². The predicted molar refractivity (Wildman–Crippen MR) is 85.5 cm³/mol. The van der Waals surface area contributed by atoms with Crippen LogP contribution in [0, 0.1) is 16.6 Å². The minimum Gasteiger partial charge on any atom is -0.365 e. The lowest BCUT2D eigenvalue weighted by Gasteiger charge is -2.06. The predicted octanol–water partition coefficient (Wildman–Crippen LogP) is 3.62. The zero-order valence-electron chi connectivity index (χ0n) is 11.9. The van der Waals surface area contributed by atoms with Gasteiger partial charge in [-0.05, 0) is 50.4 Å². The van der Waals surface area contributed by atoms with Crippen LogP contribution in [-0.4, -0.2) is 28.3 Å². The molecule has 0 fully saturated rings. The Kier molecular flexibility index (Phi) is 5.37. The Morgan fingerprint density at radius 3 is 2.77 bits per heavy atom. The fourth-order valence-corrected chi connectivity index (χ4v) is 2.17. The van der Waals surface area contributed by atoms with Gasteiger partial charge in [0.15, 0.2) is 11.5 Å². The van der Waals surface area contributed by atoms with Crippen molar-refractivity contribution >= 4 is 33.2 Å². The van der Waals surface area contributed by atoms with Crippen molar-refractivity contribution < 1.29 is 9.02 Å². The molecule has 0 bridgehead atoms. The summed E-state index contributed by atoms with van der Waals surface area (Å²) in [5.74, 6) is 0.0123. The molecule has 0 saturated heterocycles. The Hall–Kier alpha value is -2.09. The lowest BCUT2D eigenvalue weighted by atomic mass is 10.0. The standard InChI is InChI=1S/C14H15BrFN5O/c1-2-5-19-14-13(20-22-21-14)12(18)7-11(17)8-3-4-10(16)9(15)6-8/h3-4,6,17-18H,2,5,7H2,1H3,(H,19,21). The van der Waals surface area contributed by atoms with E-state index in [1.165, 1.54) is 18.2 Å². The van der Waals surface area contributed by atoms with Crippen LogP contribution in [0.5, 0.6) is 0 Å². The average molecular weight is 368 g/mol. The number of benzene rings is 1. The molecule has 0 unspecified atom stereocenters. The highest BCUT2D eigenvalue weighted by Gasteiger charge is 2.17. The Morgan fingerprint density at radius 1 is 1.32 bits per heavy atom. The molecule has 0 radical (unpaired) electrons. The van der Waals surface area contributed by atoms with Gasteiger partial charge in [0.1, 0.15) is 5.82 Å². The van der Waals surface area contributed by atoms with Gasteiger partial charge < -0.3 is 16.1 Å². The quantitative estimate of drug-likeness (QED) is 0.650. The molecule has 0 saturated carbocycles. The third-order valence-corrected chi connectivity index (χ3v) is 3.55. The maximum absolute atomic E-state index is 13.2. The Balaban J connectivity index is 2.09. The minimum absolute atomic E-state index is 0.0487. The topological polar surface area (TPSA) is 98.7 Å². The molecule has 1 heterocycles. The van der Waals surface area contributed by atoms with E-state index in [4.69, 9.17) is 10.8 Å². The van der Waals surface area contributed by atoms with E-state index < -0.39 is 5.82 Å². The summed E-state index contributed by atoms with van der Waals surface area (Å²) in [6.45, 7) is 2.70. The van der Waals surface area contributed by atoms with Gasteiger partial charge in [-0.3, -0.25) is 0 Å². The first-order valence-electron chi connectivity index (χ1n) is 6.70. The second-order valence-corrected chi connectivity index (χ2v) is 5.51. The summed E-state index contributed by atoms with van der Waals surface area (Å²) >= 11 is 3.09. The normalized spacial score (nSPS) is 10.5. The summed E-state index contributed by atoms with van der Waals surface area (Å²) in [4.78, 5) is 0. The van der Waals surface area contributed by atoms with Crippen molar-refractivity contribution in [1.29, 1.82) is 10.8 Å². The molecule has 6 nitrogen and oxygen atoms in total. The zero-order chi connectivity index (χ0) is 16.1. The first kappa shape index (κ1) is 16.3. The lowest BCUT2D eigenvalue weighted by Crippen LogP contribution is -2.12. The minimum atomic E-state index is -0.390. The van der Waals surface area contributed by atoms with Gasteiger partial charge in [-0.15, -0.1) is 0 Å². The van der Waals surface area contributed by atoms with Crippen LogP contribution in [0.15, 0.2) is 27.3 Å². The molecule has 8 heteroatoms. The van der Waals surface area contributed by atoms with Crippen LogP contribution in [0.2, 0.25) is 0 Å². The fourth-order valence-electron chi connectivity index (χ4n) is 1.79. The van der Waals surface area contributed by atoms with Crippen LogP contribution in [0.3, 0.4) is 0 Å². The van der Waals surface area contributed by atoms with Crippen LogP contribution in [-0.2, 0) is 0 Å². The van der Waals surface area contributed by atoms with Crippen LogP contribution in [0.4, 0.5) is 10.2 Å². The van der Waals surface area contributed by atoms with Crippen LogP contribution in [0.25, 0.3) is 0 Å². The molecule has 3 N–H and O–H groups in total. The van der Waals surface area contributed by atoms with E-state index in [1.807, 2.05) is 6.92 Å². The summed E-state index contributed by atoms with van der Waals surface area (Å²) in [5.41, 5.74) is 1.14. The molecular weight excluding hydrogens is 353 g/mol. The lowest BCUT2D eigenvalue weighted by molar-refractivity contribution is 0.307. The number of nitrogens with zero attached hydrogens (tertiary/aromatic N) is 2. The SMILES string of the molecule is CCCNc1nonc1C(=N)CC(=N)c1ccc(F)c(Br)c1. The smallest absolute Gasteiger partial charge is 0.200 e. The highest BCUT2D eigenvalue weighted by Crippen LogP contribution is 2.19. The molecule has 2 rings (SSSR count). The van der Waals surface area contributed by atoms with Gasteiger partial charge in [0.25, 0.3) is 0 Å².